The largest absolute Gasteiger partial charge is 0.353 e. The lowest BCUT2D eigenvalue weighted by atomic mass is 9.86. The van der Waals surface area contributed by atoms with Gasteiger partial charge in [-0.05, 0) is 41.8 Å². The lowest BCUT2D eigenvalue weighted by Crippen LogP contribution is -2.54. The average Bonchev–Trinajstić information content (AvgIpc) is 3.34. The van der Waals surface area contributed by atoms with Gasteiger partial charge in [-0.2, -0.15) is 0 Å². The Kier molecular flexibility index (Phi) is 6.68. The van der Waals surface area contributed by atoms with Gasteiger partial charge in [0.05, 0.1) is 16.6 Å². The molecule has 2 aromatic heterocycles. The van der Waals surface area contributed by atoms with E-state index in [-0.39, 0.29) is 23.9 Å². The van der Waals surface area contributed by atoms with E-state index in [1.807, 2.05) is 44.4 Å². The van der Waals surface area contributed by atoms with E-state index >= 15 is 0 Å². The van der Waals surface area contributed by atoms with Crippen LogP contribution < -0.4 is 15.4 Å². The number of carbonyl (C=O) groups is 2. The number of aromatic nitrogens is 1. The van der Waals surface area contributed by atoms with Gasteiger partial charge in [0.2, 0.25) is 15.9 Å². The molecule has 4 N–H and O–H groups in total. The molecule has 8 nitrogen and oxygen atoms in total. The molecular formula is C20H28N4O4S2. The molecule has 0 aliphatic carbocycles. The highest BCUT2D eigenvalue weighted by Crippen LogP contribution is 2.24. The fourth-order valence-corrected chi connectivity index (χ4v) is 5.44. The Morgan fingerprint density at radius 2 is 2.03 bits per heavy atom. The maximum absolute atomic E-state index is 12.8. The lowest BCUT2D eigenvalue weighted by molar-refractivity contribution is -0.121. The van der Waals surface area contributed by atoms with Crippen LogP contribution in [0.5, 0.6) is 0 Å². The number of rotatable bonds is 6. The summed E-state index contributed by atoms with van der Waals surface area (Å²) in [6, 6.07) is 7.11. The molecule has 2 amide bonds. The molecule has 0 spiro atoms. The van der Waals surface area contributed by atoms with Crippen LogP contribution in [0, 0.1) is 5.41 Å². The first kappa shape index (κ1) is 22.5. The Bertz CT molecular complexity index is 990. The van der Waals surface area contributed by atoms with Crippen LogP contribution in [0.2, 0.25) is 0 Å². The summed E-state index contributed by atoms with van der Waals surface area (Å²) in [7, 11) is -3.64. The van der Waals surface area contributed by atoms with E-state index in [0.717, 1.165) is 10.6 Å². The van der Waals surface area contributed by atoms with Gasteiger partial charge in [0.1, 0.15) is 5.69 Å². The topological polar surface area (TPSA) is 120 Å². The zero-order valence-corrected chi connectivity index (χ0v) is 19.0. The van der Waals surface area contributed by atoms with Crippen molar-refractivity contribution in [2.75, 3.05) is 13.1 Å². The first-order valence-corrected chi connectivity index (χ1v) is 12.3. The Morgan fingerprint density at radius 1 is 1.27 bits per heavy atom. The first-order chi connectivity index (χ1) is 14.1. The minimum Gasteiger partial charge on any atom is -0.353 e. The second-order valence-electron chi connectivity index (χ2n) is 8.47. The van der Waals surface area contributed by atoms with Gasteiger partial charge in [-0.1, -0.05) is 26.8 Å². The Hall–Kier alpha value is -2.17. The van der Waals surface area contributed by atoms with Gasteiger partial charge in [-0.15, -0.1) is 11.3 Å². The van der Waals surface area contributed by atoms with Crippen LogP contribution in [0.4, 0.5) is 0 Å². The molecule has 1 saturated heterocycles. The molecule has 0 radical (unpaired) electrons. The minimum atomic E-state index is -3.64. The lowest BCUT2D eigenvalue weighted by Gasteiger charge is -2.32. The van der Waals surface area contributed by atoms with Crippen LogP contribution in [0.25, 0.3) is 10.6 Å². The van der Waals surface area contributed by atoms with Gasteiger partial charge >= 0.3 is 0 Å². The molecule has 2 atom stereocenters. The SMILES string of the molecule is CC(C)(C)C(CNC(=O)C1CCCNS1(=O)=O)NC(=O)c1ccc(-c2cccs2)[nH]1. The van der Waals surface area contributed by atoms with Crippen LogP contribution in [0.15, 0.2) is 29.6 Å². The highest BCUT2D eigenvalue weighted by molar-refractivity contribution is 7.90. The fraction of sp³-hybridized carbons (Fsp3) is 0.500. The Morgan fingerprint density at radius 3 is 2.67 bits per heavy atom. The summed E-state index contributed by atoms with van der Waals surface area (Å²) >= 11 is 1.58. The summed E-state index contributed by atoms with van der Waals surface area (Å²) in [4.78, 5) is 29.4. The number of aromatic amines is 1. The summed E-state index contributed by atoms with van der Waals surface area (Å²) in [6.07, 6.45) is 0.915. The molecule has 3 rings (SSSR count). The summed E-state index contributed by atoms with van der Waals surface area (Å²) in [5.41, 5.74) is 0.944. The normalized spacial score (nSPS) is 19.8. The monoisotopic (exact) mass is 452 g/mol. The first-order valence-electron chi connectivity index (χ1n) is 9.88. The van der Waals surface area contributed by atoms with Crippen molar-refractivity contribution >= 4 is 33.2 Å². The summed E-state index contributed by atoms with van der Waals surface area (Å²) in [5, 5.41) is 6.55. The van der Waals surface area contributed by atoms with E-state index in [1.165, 1.54) is 0 Å². The molecule has 30 heavy (non-hydrogen) atoms. The molecule has 0 bridgehead atoms. The van der Waals surface area contributed by atoms with E-state index in [0.29, 0.717) is 25.1 Å². The molecule has 10 heteroatoms. The van der Waals surface area contributed by atoms with Crippen molar-refractivity contribution in [2.45, 2.75) is 44.9 Å². The maximum atomic E-state index is 12.8. The van der Waals surface area contributed by atoms with Crippen LogP contribution in [-0.2, 0) is 14.8 Å². The molecule has 0 aromatic carbocycles. The van der Waals surface area contributed by atoms with E-state index in [2.05, 4.69) is 20.3 Å². The highest BCUT2D eigenvalue weighted by Gasteiger charge is 2.36. The van der Waals surface area contributed by atoms with Crippen molar-refractivity contribution in [3.63, 3.8) is 0 Å². The third kappa shape index (κ3) is 5.30. The van der Waals surface area contributed by atoms with E-state index in [4.69, 9.17) is 0 Å². The number of thiophene rings is 1. The van der Waals surface area contributed by atoms with Crippen LogP contribution >= 0.6 is 11.3 Å². The number of hydrogen-bond acceptors (Lipinski definition) is 5. The molecule has 164 valence electrons. The molecule has 1 fully saturated rings. The summed E-state index contributed by atoms with van der Waals surface area (Å²) in [6.45, 7) is 6.35. The number of H-pyrrole nitrogens is 1. The third-order valence-electron chi connectivity index (χ3n) is 5.16. The van der Waals surface area contributed by atoms with Gasteiger partial charge in [-0.25, -0.2) is 13.1 Å². The zero-order chi connectivity index (χ0) is 21.9. The fourth-order valence-electron chi connectivity index (χ4n) is 3.26. The molecule has 2 unspecified atom stereocenters. The van der Waals surface area contributed by atoms with Crippen molar-refractivity contribution < 1.29 is 18.0 Å². The molecule has 2 aromatic rings. The molecular weight excluding hydrogens is 424 g/mol. The van der Waals surface area contributed by atoms with Crippen LogP contribution in [0.1, 0.15) is 44.1 Å². The van der Waals surface area contributed by atoms with Crippen molar-refractivity contribution in [3.05, 3.63) is 35.3 Å². The van der Waals surface area contributed by atoms with Crippen molar-refractivity contribution in [3.8, 4) is 10.6 Å². The summed E-state index contributed by atoms with van der Waals surface area (Å²) < 4.78 is 26.6. The van der Waals surface area contributed by atoms with Gasteiger partial charge in [0, 0.05) is 13.1 Å². The number of amides is 2. The smallest absolute Gasteiger partial charge is 0.268 e. The molecule has 1 aliphatic rings. The predicted octanol–water partition coefficient (Wildman–Crippen LogP) is 2.09. The number of carbonyl (C=O) groups excluding carboxylic acids is 2. The molecule has 3 heterocycles. The number of sulfonamides is 1. The van der Waals surface area contributed by atoms with Gasteiger partial charge in [0.25, 0.3) is 5.91 Å². The predicted molar refractivity (Wildman–Crippen MR) is 118 cm³/mol. The Balaban J connectivity index is 1.65. The van der Waals surface area contributed by atoms with Gasteiger partial charge in [0.15, 0.2) is 5.25 Å². The number of hydrogen-bond donors (Lipinski definition) is 4. The Labute approximate surface area is 180 Å². The van der Waals surface area contributed by atoms with Crippen LogP contribution in [0.3, 0.4) is 0 Å². The van der Waals surface area contributed by atoms with Crippen LogP contribution in [-0.4, -0.2) is 49.6 Å². The third-order valence-corrected chi connectivity index (χ3v) is 7.87. The van der Waals surface area contributed by atoms with Gasteiger partial charge in [-0.3, -0.25) is 9.59 Å². The van der Waals surface area contributed by atoms with E-state index in [1.54, 1.807) is 17.4 Å². The second kappa shape index (κ2) is 8.91. The second-order valence-corrected chi connectivity index (χ2v) is 11.4. The van der Waals surface area contributed by atoms with E-state index in [9.17, 15) is 18.0 Å². The highest BCUT2D eigenvalue weighted by atomic mass is 32.2. The summed E-state index contributed by atoms with van der Waals surface area (Å²) in [5.74, 6) is -0.815. The van der Waals surface area contributed by atoms with Crippen molar-refractivity contribution in [1.29, 1.82) is 0 Å². The number of nitrogens with one attached hydrogen (secondary N) is 4. The van der Waals surface area contributed by atoms with Crippen molar-refractivity contribution in [1.82, 2.24) is 20.3 Å². The van der Waals surface area contributed by atoms with E-state index < -0.39 is 21.2 Å². The average molecular weight is 453 g/mol. The van der Waals surface area contributed by atoms with Gasteiger partial charge < -0.3 is 15.6 Å². The minimum absolute atomic E-state index is 0.137. The maximum Gasteiger partial charge on any atom is 0.268 e. The molecule has 0 saturated carbocycles. The standard InChI is InChI=1S/C20H28N4O4S2/c1-20(2,3)17(12-21-19(26)16-7-4-10-22-30(16,27)28)24-18(25)14-9-8-13(23-14)15-6-5-11-29-15/h5-6,8-9,11,16-17,22-23H,4,7,10,12H2,1-3H3,(H,21,26)(H,24,25). The quantitative estimate of drug-likeness (QED) is 0.536. The van der Waals surface area contributed by atoms with Crippen molar-refractivity contribution in [2.24, 2.45) is 5.41 Å². The zero-order valence-electron chi connectivity index (χ0n) is 17.3. The molecule has 1 aliphatic heterocycles.